The Balaban J connectivity index is 1.73. The topological polar surface area (TPSA) is 68.6 Å². The summed E-state index contributed by atoms with van der Waals surface area (Å²) >= 11 is 2.37. The Bertz CT molecular complexity index is 928. The van der Waals surface area contributed by atoms with Crippen LogP contribution in [0.15, 0.2) is 28.5 Å². The first-order valence-electron chi connectivity index (χ1n) is 8.90. The number of amides is 2. The number of aryl methyl sites for hydroxylation is 1. The zero-order valence-corrected chi connectivity index (χ0v) is 17.7. The van der Waals surface area contributed by atoms with E-state index in [1.54, 1.807) is 13.2 Å². The van der Waals surface area contributed by atoms with Crippen LogP contribution in [-0.4, -0.2) is 46.7 Å². The summed E-state index contributed by atoms with van der Waals surface area (Å²) in [7, 11) is 1.66. The minimum Gasteiger partial charge on any atom is -0.385 e. The van der Waals surface area contributed by atoms with Gasteiger partial charge in [-0.3, -0.25) is 19.3 Å². The van der Waals surface area contributed by atoms with E-state index in [9.17, 15) is 14.4 Å². The van der Waals surface area contributed by atoms with Gasteiger partial charge >= 0.3 is 0 Å². The summed E-state index contributed by atoms with van der Waals surface area (Å²) in [5, 5.41) is 1.50. The molecule has 1 saturated heterocycles. The normalized spacial score (nSPS) is 15.8. The fourth-order valence-electron chi connectivity index (χ4n) is 3.16. The molecule has 0 bridgehead atoms. The van der Waals surface area contributed by atoms with Crippen LogP contribution in [0.4, 0.5) is 4.79 Å². The molecule has 28 heavy (non-hydrogen) atoms. The van der Waals surface area contributed by atoms with Crippen LogP contribution in [0.25, 0.3) is 6.08 Å². The highest BCUT2D eigenvalue weighted by molar-refractivity contribution is 8.18. The number of ketones is 1. The minimum absolute atomic E-state index is 0.231. The van der Waals surface area contributed by atoms with Gasteiger partial charge in [-0.05, 0) is 55.6 Å². The number of methoxy groups -OCH3 is 1. The second-order valence-corrected chi connectivity index (χ2v) is 8.46. The number of ether oxygens (including phenoxy) is 1. The maximum Gasteiger partial charge on any atom is 0.293 e. The predicted octanol–water partition coefficient (Wildman–Crippen LogP) is 4.12. The monoisotopic (exact) mass is 418 g/mol. The maximum absolute atomic E-state index is 12.8. The lowest BCUT2D eigenvalue weighted by atomic mass is 10.1. The molecule has 0 radical (unpaired) electrons. The molecule has 1 aliphatic heterocycles. The fraction of sp³-hybridized carbons (Fsp3) is 0.350. The van der Waals surface area contributed by atoms with Crippen LogP contribution in [0.2, 0.25) is 0 Å². The molecule has 3 rings (SSSR count). The van der Waals surface area contributed by atoms with Gasteiger partial charge in [0.1, 0.15) is 0 Å². The summed E-state index contributed by atoms with van der Waals surface area (Å²) in [6.45, 7) is 4.99. The van der Waals surface area contributed by atoms with Crippen molar-refractivity contribution in [1.82, 2.24) is 9.47 Å². The number of Topliss-reactive ketones (excluding diaryl/α,β-unsaturated/α-hetero) is 1. The minimum atomic E-state index is -0.411. The van der Waals surface area contributed by atoms with Gasteiger partial charge in [-0.2, -0.15) is 0 Å². The van der Waals surface area contributed by atoms with Crippen molar-refractivity contribution in [3.05, 3.63) is 50.3 Å². The van der Waals surface area contributed by atoms with E-state index in [0.29, 0.717) is 17.1 Å². The number of carbonyl (C=O) groups excluding carboxylic acids is 3. The van der Waals surface area contributed by atoms with Gasteiger partial charge in [0, 0.05) is 42.1 Å². The van der Waals surface area contributed by atoms with Crippen LogP contribution in [0.3, 0.4) is 0 Å². The van der Waals surface area contributed by atoms with Crippen LogP contribution in [0.5, 0.6) is 0 Å². The van der Waals surface area contributed by atoms with Crippen molar-refractivity contribution in [2.75, 3.05) is 20.3 Å². The van der Waals surface area contributed by atoms with Crippen molar-refractivity contribution in [3.63, 3.8) is 0 Å². The summed E-state index contributed by atoms with van der Waals surface area (Å²) in [4.78, 5) is 40.0. The average molecular weight is 419 g/mol. The van der Waals surface area contributed by atoms with Crippen LogP contribution >= 0.6 is 23.1 Å². The molecule has 0 atom stereocenters. The molecule has 0 aromatic carbocycles. The van der Waals surface area contributed by atoms with E-state index in [-0.39, 0.29) is 12.3 Å². The molecule has 2 aromatic heterocycles. The molecule has 0 aliphatic carbocycles. The zero-order valence-electron chi connectivity index (χ0n) is 16.1. The van der Waals surface area contributed by atoms with Crippen molar-refractivity contribution >= 4 is 46.1 Å². The van der Waals surface area contributed by atoms with E-state index in [0.717, 1.165) is 45.9 Å². The first-order chi connectivity index (χ1) is 13.4. The molecular weight excluding hydrogens is 396 g/mol. The largest absolute Gasteiger partial charge is 0.385 e. The number of nitrogens with zero attached hydrogens (tertiary/aromatic N) is 2. The Kier molecular flexibility index (Phi) is 6.53. The van der Waals surface area contributed by atoms with Crippen molar-refractivity contribution < 1.29 is 19.1 Å². The smallest absolute Gasteiger partial charge is 0.293 e. The number of thioether (sulfide) groups is 1. The van der Waals surface area contributed by atoms with E-state index < -0.39 is 11.1 Å². The molecule has 0 spiro atoms. The lowest BCUT2D eigenvalue weighted by Crippen LogP contribution is -2.33. The van der Waals surface area contributed by atoms with Crippen molar-refractivity contribution in [3.8, 4) is 0 Å². The highest BCUT2D eigenvalue weighted by atomic mass is 32.2. The van der Waals surface area contributed by atoms with E-state index in [1.807, 2.05) is 37.4 Å². The van der Waals surface area contributed by atoms with Gasteiger partial charge in [-0.15, -0.1) is 11.3 Å². The van der Waals surface area contributed by atoms with Gasteiger partial charge < -0.3 is 9.30 Å². The molecule has 2 aromatic rings. The van der Waals surface area contributed by atoms with Crippen LogP contribution in [-0.2, 0) is 16.1 Å². The van der Waals surface area contributed by atoms with Gasteiger partial charge in [-0.1, -0.05) is 6.07 Å². The number of hydrogen-bond donors (Lipinski definition) is 0. The number of hydrogen-bond acceptors (Lipinski definition) is 6. The predicted molar refractivity (Wildman–Crippen MR) is 112 cm³/mol. The van der Waals surface area contributed by atoms with Gasteiger partial charge in [0.2, 0.25) is 0 Å². The number of rotatable bonds is 8. The lowest BCUT2D eigenvalue weighted by molar-refractivity contribution is -0.122. The third-order valence-electron chi connectivity index (χ3n) is 4.60. The molecule has 6 nitrogen and oxygen atoms in total. The lowest BCUT2D eigenvalue weighted by Gasteiger charge is -2.12. The number of thiophene rings is 1. The van der Waals surface area contributed by atoms with E-state index in [2.05, 4.69) is 4.57 Å². The third-order valence-corrected chi connectivity index (χ3v) is 6.32. The highest BCUT2D eigenvalue weighted by Crippen LogP contribution is 2.33. The third kappa shape index (κ3) is 4.29. The van der Waals surface area contributed by atoms with Crippen molar-refractivity contribution in [2.45, 2.75) is 26.8 Å². The van der Waals surface area contributed by atoms with Crippen molar-refractivity contribution in [1.29, 1.82) is 0 Å². The van der Waals surface area contributed by atoms with Crippen molar-refractivity contribution in [2.24, 2.45) is 0 Å². The standard InChI is InChI=1S/C20H22N2O4S2/c1-13-10-16(14(2)21(13)7-5-8-26-3)17(23)12-22-19(24)18(28-20(22)25)11-15-6-4-9-27-15/h4,6,9-11H,5,7-8,12H2,1-3H3. The molecule has 148 valence electrons. The Labute approximate surface area is 172 Å². The molecule has 1 fully saturated rings. The second-order valence-electron chi connectivity index (χ2n) is 6.49. The first-order valence-corrected chi connectivity index (χ1v) is 10.6. The van der Waals surface area contributed by atoms with E-state index in [1.165, 1.54) is 11.3 Å². The summed E-state index contributed by atoms with van der Waals surface area (Å²) in [6, 6.07) is 5.58. The quantitative estimate of drug-likeness (QED) is 0.366. The van der Waals surface area contributed by atoms with Crippen LogP contribution in [0.1, 0.15) is 33.0 Å². The second kappa shape index (κ2) is 8.89. The highest BCUT2D eigenvalue weighted by Gasteiger charge is 2.36. The Hall–Kier alpha value is -2.16. The van der Waals surface area contributed by atoms with Gasteiger partial charge in [-0.25, -0.2) is 0 Å². The summed E-state index contributed by atoms with van der Waals surface area (Å²) in [6.07, 6.45) is 2.54. The Morgan fingerprint density at radius 3 is 2.75 bits per heavy atom. The SMILES string of the molecule is COCCCn1c(C)cc(C(=O)CN2C(=O)SC(=Cc3cccs3)C2=O)c1C. The molecule has 2 amide bonds. The van der Waals surface area contributed by atoms with Gasteiger partial charge in [0.15, 0.2) is 5.78 Å². The number of aromatic nitrogens is 1. The maximum atomic E-state index is 12.8. The molecule has 3 heterocycles. The van der Waals surface area contributed by atoms with E-state index in [4.69, 9.17) is 4.74 Å². The fourth-order valence-corrected chi connectivity index (χ4v) is 4.72. The first kappa shape index (κ1) is 20.6. The molecule has 1 aliphatic rings. The average Bonchev–Trinajstić information content (AvgIpc) is 3.33. The Morgan fingerprint density at radius 2 is 2.07 bits per heavy atom. The van der Waals surface area contributed by atoms with Crippen LogP contribution < -0.4 is 0 Å². The molecule has 8 heteroatoms. The Morgan fingerprint density at radius 1 is 1.29 bits per heavy atom. The summed E-state index contributed by atoms with van der Waals surface area (Å²) in [5.74, 6) is -0.642. The van der Waals surface area contributed by atoms with Gasteiger partial charge in [0.25, 0.3) is 11.1 Å². The zero-order chi connectivity index (χ0) is 20.3. The molecular formula is C20H22N2O4S2. The summed E-state index contributed by atoms with van der Waals surface area (Å²) < 4.78 is 7.15. The molecule has 0 saturated carbocycles. The molecule has 0 N–H and O–H groups in total. The number of carbonyl (C=O) groups is 3. The van der Waals surface area contributed by atoms with Crippen LogP contribution in [0, 0.1) is 13.8 Å². The summed E-state index contributed by atoms with van der Waals surface area (Å²) in [5.41, 5.74) is 2.37. The molecule has 0 unspecified atom stereocenters. The van der Waals surface area contributed by atoms with E-state index >= 15 is 0 Å². The van der Waals surface area contributed by atoms with Gasteiger partial charge in [0.05, 0.1) is 11.4 Å². The number of imide groups is 1.